The second-order valence-corrected chi connectivity index (χ2v) is 7.99. The number of carbonyl (C=O) groups is 1. The van der Waals surface area contributed by atoms with Crippen molar-refractivity contribution in [3.05, 3.63) is 83.6 Å². The summed E-state index contributed by atoms with van der Waals surface area (Å²) in [6, 6.07) is 20.5. The molecular weight excluding hydrogens is 451 g/mol. The molecule has 0 aliphatic carbocycles. The number of hydrogen-bond donors (Lipinski definition) is 1. The van der Waals surface area contributed by atoms with Gasteiger partial charge in [0.05, 0.1) is 23.6 Å². The number of rotatable bonds is 7. The monoisotopic (exact) mass is 468 g/mol. The van der Waals surface area contributed by atoms with E-state index in [1.54, 1.807) is 72.3 Å². The van der Waals surface area contributed by atoms with Crippen molar-refractivity contribution in [2.24, 2.45) is 0 Å². The predicted octanol–water partition coefficient (Wildman–Crippen LogP) is 5.47. The third-order valence-corrected chi connectivity index (χ3v) is 5.79. The summed E-state index contributed by atoms with van der Waals surface area (Å²) in [5, 5.41) is 12.1. The average molecular weight is 469 g/mol. The molecule has 162 valence electrons. The quantitative estimate of drug-likeness (QED) is 0.364. The Kier molecular flexibility index (Phi) is 6.72. The number of para-hydroxylation sites is 1. The fraction of sp³-hybridized carbons (Fsp3) is 0.0870. The number of methoxy groups -OCH3 is 1. The van der Waals surface area contributed by atoms with Crippen LogP contribution in [-0.2, 0) is 4.79 Å². The number of halogens is 2. The highest BCUT2D eigenvalue weighted by Gasteiger charge is 2.20. The van der Waals surface area contributed by atoms with Crippen LogP contribution in [0.1, 0.15) is 0 Å². The lowest BCUT2D eigenvalue weighted by molar-refractivity contribution is -0.113. The van der Waals surface area contributed by atoms with E-state index in [1.807, 2.05) is 6.07 Å². The van der Waals surface area contributed by atoms with Gasteiger partial charge in [-0.1, -0.05) is 53.7 Å². The maximum absolute atomic E-state index is 14.7. The van der Waals surface area contributed by atoms with Crippen molar-refractivity contribution < 1.29 is 13.9 Å². The first-order valence-electron chi connectivity index (χ1n) is 9.58. The zero-order valence-electron chi connectivity index (χ0n) is 17.0. The van der Waals surface area contributed by atoms with E-state index in [9.17, 15) is 9.18 Å². The molecule has 1 aromatic heterocycles. The topological polar surface area (TPSA) is 69.0 Å². The zero-order valence-corrected chi connectivity index (χ0v) is 18.5. The van der Waals surface area contributed by atoms with E-state index in [1.165, 1.54) is 6.07 Å². The summed E-state index contributed by atoms with van der Waals surface area (Å²) in [6.07, 6.45) is 0. The number of thioether (sulfide) groups is 1. The van der Waals surface area contributed by atoms with Gasteiger partial charge in [-0.05, 0) is 36.4 Å². The summed E-state index contributed by atoms with van der Waals surface area (Å²) in [5.74, 6) is 0.385. The van der Waals surface area contributed by atoms with Crippen LogP contribution in [0, 0.1) is 5.82 Å². The predicted molar refractivity (Wildman–Crippen MR) is 124 cm³/mol. The molecule has 0 aliphatic heterocycles. The summed E-state index contributed by atoms with van der Waals surface area (Å²) in [6.45, 7) is 0. The van der Waals surface area contributed by atoms with Crippen LogP contribution in [0.15, 0.2) is 78.0 Å². The van der Waals surface area contributed by atoms with Gasteiger partial charge in [0.15, 0.2) is 11.0 Å². The standard InChI is InChI=1S/C23H18ClFN4O2S/c1-31-16-8-6-7-15(13-16)26-21(30)14-32-23-28-27-22(17-9-2-3-10-18(17)24)29(23)20-12-5-4-11-19(20)25/h2-13H,14H2,1H3,(H,26,30). The van der Waals surface area contributed by atoms with Gasteiger partial charge >= 0.3 is 0 Å². The van der Waals surface area contributed by atoms with Gasteiger partial charge in [-0.15, -0.1) is 10.2 Å². The number of anilines is 1. The normalized spacial score (nSPS) is 10.7. The van der Waals surface area contributed by atoms with Gasteiger partial charge in [0.1, 0.15) is 11.6 Å². The molecule has 1 amide bonds. The fourth-order valence-corrected chi connectivity index (χ4v) is 4.02. The molecule has 1 heterocycles. The zero-order chi connectivity index (χ0) is 22.5. The van der Waals surface area contributed by atoms with Crippen molar-refractivity contribution in [2.75, 3.05) is 18.2 Å². The molecule has 0 atom stereocenters. The van der Waals surface area contributed by atoms with Crippen LogP contribution in [0.2, 0.25) is 5.02 Å². The molecule has 1 N–H and O–H groups in total. The van der Waals surface area contributed by atoms with Crippen molar-refractivity contribution >= 4 is 35.0 Å². The Labute approximate surface area is 193 Å². The van der Waals surface area contributed by atoms with E-state index in [2.05, 4.69) is 15.5 Å². The SMILES string of the molecule is COc1cccc(NC(=O)CSc2nnc(-c3ccccc3Cl)n2-c2ccccc2F)c1. The Bertz CT molecular complexity index is 1260. The maximum Gasteiger partial charge on any atom is 0.234 e. The Morgan fingerprint density at radius 3 is 2.66 bits per heavy atom. The lowest BCUT2D eigenvalue weighted by Crippen LogP contribution is -2.14. The molecule has 0 spiro atoms. The van der Waals surface area contributed by atoms with Gasteiger partial charge in [0, 0.05) is 17.3 Å². The van der Waals surface area contributed by atoms with E-state index >= 15 is 0 Å². The Morgan fingerprint density at radius 1 is 1.09 bits per heavy atom. The first-order chi connectivity index (χ1) is 15.6. The van der Waals surface area contributed by atoms with E-state index in [0.717, 1.165) is 11.8 Å². The Balaban J connectivity index is 1.62. The van der Waals surface area contributed by atoms with Crippen LogP contribution in [-0.4, -0.2) is 33.5 Å². The fourth-order valence-electron chi connectivity index (χ4n) is 3.06. The maximum atomic E-state index is 14.7. The van der Waals surface area contributed by atoms with Crippen LogP contribution >= 0.6 is 23.4 Å². The molecule has 0 saturated heterocycles. The van der Waals surface area contributed by atoms with E-state index in [4.69, 9.17) is 16.3 Å². The number of hydrogen-bond acceptors (Lipinski definition) is 5. The third-order valence-electron chi connectivity index (χ3n) is 4.53. The molecule has 6 nitrogen and oxygen atoms in total. The van der Waals surface area contributed by atoms with E-state index < -0.39 is 5.82 Å². The number of aromatic nitrogens is 3. The number of nitrogens with one attached hydrogen (secondary N) is 1. The van der Waals surface area contributed by atoms with Gasteiger partial charge in [-0.25, -0.2) is 4.39 Å². The smallest absolute Gasteiger partial charge is 0.234 e. The number of carbonyl (C=O) groups excluding carboxylic acids is 1. The lowest BCUT2D eigenvalue weighted by atomic mass is 10.2. The minimum atomic E-state index is -0.441. The highest BCUT2D eigenvalue weighted by molar-refractivity contribution is 7.99. The van der Waals surface area contributed by atoms with Gasteiger partial charge in [0.2, 0.25) is 5.91 Å². The number of amides is 1. The van der Waals surface area contributed by atoms with Crippen LogP contribution < -0.4 is 10.1 Å². The molecule has 32 heavy (non-hydrogen) atoms. The van der Waals surface area contributed by atoms with Gasteiger partial charge in [-0.3, -0.25) is 9.36 Å². The molecule has 4 rings (SSSR count). The van der Waals surface area contributed by atoms with Crippen molar-refractivity contribution in [3.8, 4) is 22.8 Å². The number of benzene rings is 3. The van der Waals surface area contributed by atoms with Crippen LogP contribution in [0.4, 0.5) is 10.1 Å². The highest BCUT2D eigenvalue weighted by atomic mass is 35.5. The molecular formula is C23H18ClFN4O2S. The van der Waals surface area contributed by atoms with Crippen molar-refractivity contribution in [3.63, 3.8) is 0 Å². The number of ether oxygens (including phenoxy) is 1. The Hall–Kier alpha value is -3.36. The number of nitrogens with zero attached hydrogens (tertiary/aromatic N) is 3. The largest absolute Gasteiger partial charge is 0.497 e. The van der Waals surface area contributed by atoms with Gasteiger partial charge in [-0.2, -0.15) is 0 Å². The molecule has 9 heteroatoms. The first-order valence-corrected chi connectivity index (χ1v) is 10.9. The summed E-state index contributed by atoms with van der Waals surface area (Å²) >= 11 is 7.50. The van der Waals surface area contributed by atoms with Gasteiger partial charge in [0.25, 0.3) is 0 Å². The molecule has 0 bridgehead atoms. The molecule has 3 aromatic carbocycles. The summed E-state index contributed by atoms with van der Waals surface area (Å²) in [7, 11) is 1.56. The Morgan fingerprint density at radius 2 is 1.88 bits per heavy atom. The van der Waals surface area contributed by atoms with Crippen LogP contribution in [0.3, 0.4) is 0 Å². The second kappa shape index (κ2) is 9.84. The summed E-state index contributed by atoms with van der Waals surface area (Å²) in [5.41, 5.74) is 1.49. The van der Waals surface area contributed by atoms with Gasteiger partial charge < -0.3 is 10.1 Å². The summed E-state index contributed by atoms with van der Waals surface area (Å²) in [4.78, 5) is 12.5. The highest BCUT2D eigenvalue weighted by Crippen LogP contribution is 2.32. The molecule has 0 radical (unpaired) electrons. The van der Waals surface area contributed by atoms with Crippen LogP contribution in [0.5, 0.6) is 5.75 Å². The molecule has 0 saturated carbocycles. The minimum absolute atomic E-state index is 0.0479. The second-order valence-electron chi connectivity index (χ2n) is 6.64. The minimum Gasteiger partial charge on any atom is -0.497 e. The first kappa shape index (κ1) is 21.9. The van der Waals surface area contributed by atoms with Crippen molar-refractivity contribution in [1.29, 1.82) is 0 Å². The molecule has 4 aromatic rings. The summed E-state index contributed by atoms with van der Waals surface area (Å²) < 4.78 is 21.4. The van der Waals surface area contributed by atoms with E-state index in [-0.39, 0.29) is 17.3 Å². The van der Waals surface area contributed by atoms with Crippen molar-refractivity contribution in [2.45, 2.75) is 5.16 Å². The lowest BCUT2D eigenvalue weighted by Gasteiger charge is -2.12. The third kappa shape index (κ3) is 4.76. The van der Waals surface area contributed by atoms with E-state index in [0.29, 0.717) is 33.0 Å². The van der Waals surface area contributed by atoms with Crippen molar-refractivity contribution in [1.82, 2.24) is 14.8 Å². The average Bonchev–Trinajstić information content (AvgIpc) is 3.22. The van der Waals surface area contributed by atoms with Crippen LogP contribution in [0.25, 0.3) is 17.1 Å². The molecule has 0 fully saturated rings. The molecule has 0 aliphatic rings. The molecule has 0 unspecified atom stereocenters.